The molecule has 5 nitrogen and oxygen atoms in total. The van der Waals surface area contributed by atoms with Crippen LogP contribution in [0.5, 0.6) is 0 Å². The lowest BCUT2D eigenvalue weighted by atomic mass is 10.2. The number of thiazole rings is 1. The number of nitrogens with zero attached hydrogens (tertiary/aromatic N) is 3. The first-order chi connectivity index (χ1) is 11.6. The average molecular weight is 342 g/mol. The van der Waals surface area contributed by atoms with Crippen LogP contribution in [0.2, 0.25) is 0 Å². The van der Waals surface area contributed by atoms with E-state index in [9.17, 15) is 9.18 Å². The molecule has 0 atom stereocenters. The van der Waals surface area contributed by atoms with Crippen molar-refractivity contribution in [1.29, 1.82) is 0 Å². The van der Waals surface area contributed by atoms with E-state index in [4.69, 9.17) is 0 Å². The van der Waals surface area contributed by atoms with Crippen LogP contribution in [0, 0.1) is 19.7 Å². The molecule has 3 aromatic rings. The number of carbonyl (C=O) groups excluding carboxylic acids is 1. The molecule has 24 heavy (non-hydrogen) atoms. The summed E-state index contributed by atoms with van der Waals surface area (Å²) in [6.45, 7) is 3.93. The van der Waals surface area contributed by atoms with E-state index >= 15 is 0 Å². The second-order valence-corrected chi connectivity index (χ2v) is 6.03. The van der Waals surface area contributed by atoms with Crippen molar-refractivity contribution in [2.24, 2.45) is 5.10 Å². The summed E-state index contributed by atoms with van der Waals surface area (Å²) in [5.41, 5.74) is 5.15. The third-order valence-corrected chi connectivity index (χ3v) is 4.33. The van der Waals surface area contributed by atoms with Gasteiger partial charge in [0.05, 0.1) is 11.8 Å². The van der Waals surface area contributed by atoms with Crippen molar-refractivity contribution in [3.05, 3.63) is 70.2 Å². The molecule has 7 heteroatoms. The smallest absolute Gasteiger partial charge is 0.274 e. The predicted octanol–water partition coefficient (Wildman–Crippen LogP) is 3.45. The second-order valence-electron chi connectivity index (χ2n) is 5.16. The minimum atomic E-state index is -0.585. The molecule has 1 amide bonds. The highest BCUT2D eigenvalue weighted by molar-refractivity contribution is 7.12. The van der Waals surface area contributed by atoms with E-state index in [0.29, 0.717) is 0 Å². The van der Waals surface area contributed by atoms with Crippen molar-refractivity contribution < 1.29 is 9.18 Å². The number of hydrogen-bond acceptors (Lipinski definition) is 4. The van der Waals surface area contributed by atoms with Gasteiger partial charge in [-0.05, 0) is 32.0 Å². The summed E-state index contributed by atoms with van der Waals surface area (Å²) in [6, 6.07) is 7.73. The Morgan fingerprint density at radius 1 is 1.38 bits per heavy atom. The summed E-state index contributed by atoms with van der Waals surface area (Å²) in [4.78, 5) is 16.2. The van der Waals surface area contributed by atoms with Crippen LogP contribution in [0.3, 0.4) is 0 Å². The van der Waals surface area contributed by atoms with Crippen LogP contribution >= 0.6 is 11.3 Å². The lowest BCUT2D eigenvalue weighted by Gasteiger charge is -2.04. The minimum absolute atomic E-state index is 0.0390. The molecule has 0 saturated heterocycles. The molecular formula is C17H15FN4OS. The van der Waals surface area contributed by atoms with E-state index in [1.54, 1.807) is 29.8 Å². The van der Waals surface area contributed by atoms with Crippen LogP contribution in [0.4, 0.5) is 4.39 Å². The number of nitrogens with one attached hydrogen (secondary N) is 1. The van der Waals surface area contributed by atoms with Crippen LogP contribution in [0.1, 0.15) is 27.3 Å². The van der Waals surface area contributed by atoms with Gasteiger partial charge >= 0.3 is 0 Å². The zero-order valence-corrected chi connectivity index (χ0v) is 14.0. The molecule has 1 N–H and O–H groups in total. The number of rotatable bonds is 4. The van der Waals surface area contributed by atoms with Gasteiger partial charge in [-0.1, -0.05) is 12.1 Å². The molecule has 2 aromatic heterocycles. The van der Waals surface area contributed by atoms with Crippen molar-refractivity contribution in [1.82, 2.24) is 15.0 Å². The van der Waals surface area contributed by atoms with Crippen molar-refractivity contribution in [3.8, 4) is 5.13 Å². The molecule has 0 radical (unpaired) electrons. The van der Waals surface area contributed by atoms with Gasteiger partial charge in [0.25, 0.3) is 5.91 Å². The second kappa shape index (κ2) is 6.76. The molecular weight excluding hydrogens is 327 g/mol. The van der Waals surface area contributed by atoms with Gasteiger partial charge in [-0.15, -0.1) is 11.3 Å². The van der Waals surface area contributed by atoms with Gasteiger partial charge in [0.2, 0.25) is 0 Å². The largest absolute Gasteiger partial charge is 0.294 e. The summed E-state index contributed by atoms with van der Waals surface area (Å²) in [5, 5.41) is 6.72. The van der Waals surface area contributed by atoms with E-state index in [0.717, 1.165) is 22.1 Å². The number of aromatic nitrogens is 2. The van der Waals surface area contributed by atoms with E-state index < -0.39 is 11.7 Å². The lowest BCUT2D eigenvalue weighted by Crippen LogP contribution is -2.18. The minimum Gasteiger partial charge on any atom is -0.294 e. The number of hydrogen-bond donors (Lipinski definition) is 1. The quantitative estimate of drug-likeness (QED) is 0.583. The maximum absolute atomic E-state index is 13.5. The topological polar surface area (TPSA) is 59.3 Å². The molecule has 0 spiro atoms. The Hall–Kier alpha value is -2.80. The van der Waals surface area contributed by atoms with Gasteiger partial charge < -0.3 is 0 Å². The Kier molecular flexibility index (Phi) is 4.52. The van der Waals surface area contributed by atoms with Gasteiger partial charge in [0.1, 0.15) is 5.82 Å². The molecule has 2 heterocycles. The van der Waals surface area contributed by atoms with Crippen molar-refractivity contribution in [2.75, 3.05) is 0 Å². The Balaban J connectivity index is 1.77. The molecule has 0 aliphatic carbocycles. The molecule has 1 aromatic carbocycles. The molecule has 0 aliphatic heterocycles. The first kappa shape index (κ1) is 16.1. The number of carbonyl (C=O) groups is 1. The third kappa shape index (κ3) is 3.11. The van der Waals surface area contributed by atoms with Gasteiger partial charge in [-0.2, -0.15) is 5.10 Å². The van der Waals surface area contributed by atoms with Crippen LogP contribution in [0.25, 0.3) is 5.13 Å². The Labute approximate surface area is 142 Å². The average Bonchev–Trinajstić information content (AvgIpc) is 3.16. The normalized spacial score (nSPS) is 11.1. The zero-order valence-electron chi connectivity index (χ0n) is 13.2. The van der Waals surface area contributed by atoms with Gasteiger partial charge in [0.15, 0.2) is 5.13 Å². The van der Waals surface area contributed by atoms with E-state index in [1.165, 1.54) is 18.2 Å². The first-order valence-corrected chi connectivity index (χ1v) is 8.12. The van der Waals surface area contributed by atoms with E-state index in [-0.39, 0.29) is 5.56 Å². The van der Waals surface area contributed by atoms with Crippen molar-refractivity contribution in [2.45, 2.75) is 13.8 Å². The summed E-state index contributed by atoms with van der Waals surface area (Å²) in [7, 11) is 0. The van der Waals surface area contributed by atoms with Gasteiger partial charge in [-0.25, -0.2) is 14.8 Å². The standard InChI is InChI=1S/C17H15FN4OS/c1-11-9-13(12(2)22(11)17-19-7-8-24-17)10-20-21-16(23)14-5-3-4-6-15(14)18/h3-10H,1-2H3,(H,21,23)/b20-10-. The summed E-state index contributed by atoms with van der Waals surface area (Å²) < 4.78 is 15.6. The number of hydrazone groups is 1. The lowest BCUT2D eigenvalue weighted by molar-refractivity contribution is 0.0951. The SMILES string of the molecule is Cc1cc(/C=N\NC(=O)c2ccccc2F)c(C)n1-c1nccs1. The van der Waals surface area contributed by atoms with Crippen LogP contribution < -0.4 is 5.43 Å². The van der Waals surface area contributed by atoms with E-state index in [2.05, 4.69) is 15.5 Å². The first-order valence-electron chi connectivity index (χ1n) is 7.24. The third-order valence-electron chi connectivity index (χ3n) is 3.57. The van der Waals surface area contributed by atoms with E-state index in [1.807, 2.05) is 29.9 Å². The maximum Gasteiger partial charge on any atom is 0.274 e. The van der Waals surface area contributed by atoms with Crippen LogP contribution in [0.15, 0.2) is 47.0 Å². The molecule has 122 valence electrons. The maximum atomic E-state index is 13.5. The van der Waals surface area contributed by atoms with Gasteiger partial charge in [-0.3, -0.25) is 9.36 Å². The number of aryl methyl sites for hydroxylation is 1. The molecule has 0 bridgehead atoms. The number of amides is 1. The van der Waals surface area contributed by atoms with Crippen LogP contribution in [-0.4, -0.2) is 21.7 Å². The fourth-order valence-corrected chi connectivity index (χ4v) is 3.16. The fraction of sp³-hybridized carbons (Fsp3) is 0.118. The molecule has 0 fully saturated rings. The fourth-order valence-electron chi connectivity index (χ4n) is 2.41. The Bertz CT molecular complexity index is 899. The number of halogens is 1. The summed E-state index contributed by atoms with van der Waals surface area (Å²) in [5.74, 6) is -1.16. The van der Waals surface area contributed by atoms with Crippen molar-refractivity contribution >= 4 is 23.5 Å². The van der Waals surface area contributed by atoms with Gasteiger partial charge in [0, 0.05) is 28.5 Å². The van der Waals surface area contributed by atoms with Crippen LogP contribution in [-0.2, 0) is 0 Å². The Morgan fingerprint density at radius 2 is 2.17 bits per heavy atom. The monoisotopic (exact) mass is 342 g/mol. The molecule has 3 rings (SSSR count). The highest BCUT2D eigenvalue weighted by atomic mass is 32.1. The molecule has 0 unspecified atom stereocenters. The van der Waals surface area contributed by atoms with Crippen molar-refractivity contribution in [3.63, 3.8) is 0 Å². The Morgan fingerprint density at radius 3 is 2.88 bits per heavy atom. The molecule has 0 saturated carbocycles. The number of benzene rings is 1. The molecule has 0 aliphatic rings. The summed E-state index contributed by atoms with van der Waals surface area (Å²) in [6.07, 6.45) is 3.30. The zero-order chi connectivity index (χ0) is 17.1. The highest BCUT2D eigenvalue weighted by Gasteiger charge is 2.12. The highest BCUT2D eigenvalue weighted by Crippen LogP contribution is 2.21. The summed E-state index contributed by atoms with van der Waals surface area (Å²) >= 11 is 1.54. The predicted molar refractivity (Wildman–Crippen MR) is 92.4 cm³/mol.